The first-order valence-corrected chi connectivity index (χ1v) is 11.2. The average Bonchev–Trinajstić information content (AvgIpc) is 3.24. The number of ether oxygens (including phenoxy) is 1. The highest BCUT2D eigenvalue weighted by atomic mass is 16.5. The van der Waals surface area contributed by atoms with Crippen LogP contribution in [-0.2, 0) is 17.8 Å². The number of likely N-dealkylation sites (tertiary alicyclic amines) is 1. The van der Waals surface area contributed by atoms with Gasteiger partial charge in [-0.3, -0.25) is 14.7 Å². The fourth-order valence-corrected chi connectivity index (χ4v) is 4.59. The Bertz CT molecular complexity index is 1020. The maximum Gasteiger partial charge on any atom is 0.227 e. The zero-order valence-corrected chi connectivity index (χ0v) is 18.9. The molecule has 0 spiro atoms. The van der Waals surface area contributed by atoms with Crippen LogP contribution in [0.25, 0.3) is 11.1 Å². The van der Waals surface area contributed by atoms with Crippen LogP contribution in [0.15, 0.2) is 73.1 Å². The number of hydrogen-bond acceptors (Lipinski definition) is 4. The molecule has 1 atom stereocenters. The number of rotatable bonds is 8. The molecular weight excluding hydrogens is 398 g/mol. The third-order valence-corrected chi connectivity index (χ3v) is 6.33. The second-order valence-electron chi connectivity index (χ2n) is 8.56. The number of carbonyl (C=O) groups is 1. The van der Waals surface area contributed by atoms with Gasteiger partial charge in [0.1, 0.15) is 5.75 Å². The van der Waals surface area contributed by atoms with Gasteiger partial charge in [0.05, 0.1) is 12.5 Å². The van der Waals surface area contributed by atoms with Crippen molar-refractivity contribution in [2.45, 2.75) is 26.3 Å². The van der Waals surface area contributed by atoms with Crippen molar-refractivity contribution in [2.24, 2.45) is 5.41 Å². The number of benzene rings is 2. The minimum Gasteiger partial charge on any atom is -0.497 e. The van der Waals surface area contributed by atoms with E-state index in [1.54, 1.807) is 7.11 Å². The van der Waals surface area contributed by atoms with Crippen molar-refractivity contribution in [2.75, 3.05) is 26.7 Å². The van der Waals surface area contributed by atoms with Crippen molar-refractivity contribution in [3.05, 3.63) is 84.2 Å². The van der Waals surface area contributed by atoms with Gasteiger partial charge < -0.3 is 10.1 Å². The maximum absolute atomic E-state index is 13.2. The third kappa shape index (κ3) is 5.00. The van der Waals surface area contributed by atoms with E-state index in [1.807, 2.05) is 43.6 Å². The Balaban J connectivity index is 1.49. The van der Waals surface area contributed by atoms with Crippen molar-refractivity contribution < 1.29 is 9.53 Å². The Kier molecular flexibility index (Phi) is 6.86. The van der Waals surface area contributed by atoms with Gasteiger partial charge >= 0.3 is 0 Å². The normalized spacial score (nSPS) is 18.4. The first kappa shape index (κ1) is 22.0. The summed E-state index contributed by atoms with van der Waals surface area (Å²) in [7, 11) is 1.68. The lowest BCUT2D eigenvalue weighted by Gasteiger charge is -2.28. The third-order valence-electron chi connectivity index (χ3n) is 6.33. The number of hydrogen-bond donors (Lipinski definition) is 1. The summed E-state index contributed by atoms with van der Waals surface area (Å²) in [6, 6.07) is 20.8. The molecule has 2 aromatic carbocycles. The van der Waals surface area contributed by atoms with E-state index in [4.69, 9.17) is 4.74 Å². The molecule has 0 radical (unpaired) electrons. The number of pyridine rings is 1. The molecule has 1 N–H and O–H groups in total. The zero-order valence-electron chi connectivity index (χ0n) is 18.9. The van der Waals surface area contributed by atoms with Crippen LogP contribution in [0.1, 0.15) is 24.5 Å². The quantitative estimate of drug-likeness (QED) is 0.579. The second kappa shape index (κ2) is 9.96. The van der Waals surface area contributed by atoms with Gasteiger partial charge in [0, 0.05) is 32.0 Å². The maximum atomic E-state index is 13.2. The van der Waals surface area contributed by atoms with Crippen molar-refractivity contribution in [1.82, 2.24) is 15.2 Å². The average molecular weight is 430 g/mol. The molecule has 166 valence electrons. The van der Waals surface area contributed by atoms with E-state index in [0.29, 0.717) is 6.54 Å². The molecule has 4 rings (SSSR count). The summed E-state index contributed by atoms with van der Waals surface area (Å²) in [6.07, 6.45) is 5.22. The molecule has 0 bridgehead atoms. The van der Waals surface area contributed by atoms with E-state index in [9.17, 15) is 4.79 Å². The summed E-state index contributed by atoms with van der Waals surface area (Å²) in [5.41, 5.74) is 4.34. The van der Waals surface area contributed by atoms with Gasteiger partial charge in [0.2, 0.25) is 5.91 Å². The minimum absolute atomic E-state index is 0.162. The highest BCUT2D eigenvalue weighted by molar-refractivity contribution is 5.83. The Hall–Kier alpha value is -3.18. The zero-order chi connectivity index (χ0) is 22.4. The summed E-state index contributed by atoms with van der Waals surface area (Å²) in [5.74, 6) is 1.03. The molecule has 1 aliphatic rings. The number of amides is 1. The Labute approximate surface area is 190 Å². The largest absolute Gasteiger partial charge is 0.497 e. The molecule has 1 aromatic heterocycles. The Morgan fingerprint density at radius 2 is 1.66 bits per heavy atom. The summed E-state index contributed by atoms with van der Waals surface area (Å²) < 4.78 is 5.26. The molecule has 2 heterocycles. The van der Waals surface area contributed by atoms with Gasteiger partial charge in [-0.05, 0) is 72.8 Å². The molecule has 5 heteroatoms. The highest BCUT2D eigenvalue weighted by Crippen LogP contribution is 2.36. The van der Waals surface area contributed by atoms with Crippen LogP contribution in [0, 0.1) is 5.41 Å². The summed E-state index contributed by atoms with van der Waals surface area (Å²) in [6.45, 7) is 5.15. The van der Waals surface area contributed by atoms with Crippen molar-refractivity contribution >= 4 is 5.91 Å². The van der Waals surface area contributed by atoms with Crippen molar-refractivity contribution in [3.63, 3.8) is 0 Å². The smallest absolute Gasteiger partial charge is 0.227 e. The van der Waals surface area contributed by atoms with Gasteiger partial charge in [-0.2, -0.15) is 0 Å². The van der Waals surface area contributed by atoms with Gasteiger partial charge in [-0.25, -0.2) is 0 Å². The van der Waals surface area contributed by atoms with E-state index in [-0.39, 0.29) is 5.91 Å². The van der Waals surface area contributed by atoms with Crippen LogP contribution in [0.3, 0.4) is 0 Å². The molecule has 1 fully saturated rings. The number of methoxy groups -OCH3 is 1. The Morgan fingerprint density at radius 1 is 1.00 bits per heavy atom. The van der Waals surface area contributed by atoms with E-state index in [0.717, 1.165) is 49.4 Å². The van der Waals surface area contributed by atoms with Crippen LogP contribution in [-0.4, -0.2) is 42.5 Å². The predicted molar refractivity (Wildman–Crippen MR) is 127 cm³/mol. The van der Waals surface area contributed by atoms with E-state index in [2.05, 4.69) is 51.6 Å². The molecule has 5 nitrogen and oxygen atoms in total. The van der Waals surface area contributed by atoms with Crippen LogP contribution < -0.4 is 10.1 Å². The Morgan fingerprint density at radius 3 is 2.31 bits per heavy atom. The molecule has 0 unspecified atom stereocenters. The molecule has 0 aliphatic carbocycles. The molecule has 1 aliphatic heterocycles. The van der Waals surface area contributed by atoms with Gasteiger partial charge in [-0.15, -0.1) is 0 Å². The topological polar surface area (TPSA) is 54.5 Å². The van der Waals surface area contributed by atoms with Crippen LogP contribution in [0.2, 0.25) is 0 Å². The lowest BCUT2D eigenvalue weighted by molar-refractivity contribution is -0.130. The number of nitrogens with zero attached hydrogens (tertiary/aromatic N) is 2. The molecule has 0 saturated carbocycles. The van der Waals surface area contributed by atoms with E-state index < -0.39 is 5.41 Å². The molecule has 3 aromatic rings. The first-order valence-electron chi connectivity index (χ1n) is 11.2. The number of nitrogens with one attached hydrogen (secondary N) is 1. The minimum atomic E-state index is -0.402. The monoisotopic (exact) mass is 429 g/mol. The van der Waals surface area contributed by atoms with Gasteiger partial charge in [0.15, 0.2) is 0 Å². The lowest BCUT2D eigenvalue weighted by Crippen LogP contribution is -2.44. The SMILES string of the molecule is CCNC(=O)[C@@]1(Cc2ccc(-c3ccncc3)cc2)CCN(Cc2ccc(OC)cc2)C1. The summed E-state index contributed by atoms with van der Waals surface area (Å²) >= 11 is 0. The molecule has 1 amide bonds. The first-order chi connectivity index (χ1) is 15.6. The van der Waals surface area contributed by atoms with Crippen molar-refractivity contribution in [3.8, 4) is 16.9 Å². The van der Waals surface area contributed by atoms with E-state index >= 15 is 0 Å². The standard InChI is InChI=1S/C27H31N3O2/c1-3-29-26(31)27(14-17-30(20-27)19-22-6-10-25(32-2)11-7-22)18-21-4-8-23(9-5-21)24-12-15-28-16-13-24/h4-13,15-16H,3,14,17-20H2,1-2H3,(H,29,31)/t27-/m1/s1. The van der Waals surface area contributed by atoms with Crippen LogP contribution in [0.5, 0.6) is 5.75 Å². The molecule has 1 saturated heterocycles. The summed E-state index contributed by atoms with van der Waals surface area (Å²) in [4.78, 5) is 19.7. The summed E-state index contributed by atoms with van der Waals surface area (Å²) in [5, 5.41) is 3.10. The van der Waals surface area contributed by atoms with Gasteiger partial charge in [0.25, 0.3) is 0 Å². The highest BCUT2D eigenvalue weighted by Gasteiger charge is 2.44. The number of aromatic nitrogens is 1. The lowest BCUT2D eigenvalue weighted by atomic mass is 9.79. The van der Waals surface area contributed by atoms with Crippen molar-refractivity contribution in [1.29, 1.82) is 0 Å². The number of carbonyl (C=O) groups excluding carboxylic acids is 1. The van der Waals surface area contributed by atoms with Gasteiger partial charge in [-0.1, -0.05) is 36.4 Å². The fourth-order valence-electron chi connectivity index (χ4n) is 4.59. The van der Waals surface area contributed by atoms with Crippen LogP contribution >= 0.6 is 0 Å². The van der Waals surface area contributed by atoms with Crippen LogP contribution in [0.4, 0.5) is 0 Å². The fraction of sp³-hybridized carbons (Fsp3) is 0.333. The predicted octanol–water partition coefficient (Wildman–Crippen LogP) is 4.33. The second-order valence-corrected chi connectivity index (χ2v) is 8.56. The molecular formula is C27H31N3O2. The molecule has 32 heavy (non-hydrogen) atoms. The van der Waals surface area contributed by atoms with E-state index in [1.165, 1.54) is 11.1 Å².